The van der Waals surface area contributed by atoms with E-state index in [4.69, 9.17) is 0 Å². The standard InChI is InChI=1S/C100H76N2/c1-97(2)89-29-15-13-27-79(89)85-49-43-75(59-95(85)97)101(73-41-35-63-33-31-61-19-9-11-25-77(61)87(63)57-73)71-23-17-21-65(51-71)67-37-45-81-83-47-39-69(55-93(83)99(5,6)91(81)53-67)70-40-48-84-82-46-38-68(54-92(82)100(7,8)94(84)56-70)66-22-18-24-72(52-66)102(74-42-36-64-34-32-62-20-10-12-26-78(62)88(64)58-74)76-44-50-86-80-28-14-16-30-90(80)98(3,4)96(86)60-76/h9-60H,1-8H3. The highest BCUT2D eigenvalue weighted by Crippen LogP contribution is 2.57. The molecule has 0 saturated carbocycles. The van der Waals surface area contributed by atoms with Crippen LogP contribution in [0.5, 0.6) is 0 Å². The fourth-order valence-corrected chi connectivity index (χ4v) is 18.7. The van der Waals surface area contributed by atoms with Crippen molar-refractivity contribution in [3.8, 4) is 77.9 Å². The summed E-state index contributed by atoms with van der Waals surface area (Å²) in [5.74, 6) is 0. The maximum Gasteiger partial charge on any atom is 0.0468 e. The topological polar surface area (TPSA) is 6.48 Å². The maximum atomic E-state index is 2.49. The van der Waals surface area contributed by atoms with Crippen LogP contribution in [0, 0.1) is 0 Å². The summed E-state index contributed by atoms with van der Waals surface area (Å²) in [6, 6.07) is 120. The van der Waals surface area contributed by atoms with Gasteiger partial charge in [-0.2, -0.15) is 0 Å². The normalized spacial score (nSPS) is 14.8. The Kier molecular flexibility index (Phi) is 12.9. The number of nitrogens with zero attached hydrogens (tertiary/aromatic N) is 2. The molecular formula is C100H76N2. The monoisotopic (exact) mass is 1300 g/mol. The van der Waals surface area contributed by atoms with Crippen LogP contribution in [0.15, 0.2) is 315 Å². The summed E-state index contributed by atoms with van der Waals surface area (Å²) in [7, 11) is 0. The van der Waals surface area contributed by atoms with Crippen LogP contribution in [0.1, 0.15) is 99.9 Å². The molecule has 102 heavy (non-hydrogen) atoms. The van der Waals surface area contributed by atoms with Crippen molar-refractivity contribution in [2.24, 2.45) is 0 Å². The summed E-state index contributed by atoms with van der Waals surface area (Å²) in [4.78, 5) is 4.96. The molecule has 4 aliphatic carbocycles. The van der Waals surface area contributed by atoms with Gasteiger partial charge in [-0.1, -0.05) is 274 Å². The van der Waals surface area contributed by atoms with Crippen molar-refractivity contribution in [1.82, 2.24) is 0 Å². The molecule has 0 amide bonds. The third-order valence-corrected chi connectivity index (χ3v) is 24.2. The molecule has 0 aliphatic heterocycles. The van der Waals surface area contributed by atoms with Crippen LogP contribution in [0.4, 0.5) is 34.1 Å². The fraction of sp³-hybridized carbons (Fsp3) is 0.120. The van der Waals surface area contributed by atoms with Gasteiger partial charge in [0.2, 0.25) is 0 Å². The van der Waals surface area contributed by atoms with Gasteiger partial charge in [0.15, 0.2) is 0 Å². The first kappa shape index (κ1) is 60.1. The van der Waals surface area contributed by atoms with Gasteiger partial charge >= 0.3 is 0 Å². The van der Waals surface area contributed by atoms with Crippen LogP contribution >= 0.6 is 0 Å². The van der Waals surface area contributed by atoms with Gasteiger partial charge in [0.05, 0.1) is 0 Å². The van der Waals surface area contributed by atoms with E-state index in [0.717, 1.165) is 34.1 Å². The van der Waals surface area contributed by atoms with Crippen LogP contribution in [0.3, 0.4) is 0 Å². The number of hydrogen-bond acceptors (Lipinski definition) is 2. The Balaban J connectivity index is 0.616. The predicted octanol–water partition coefficient (Wildman–Crippen LogP) is 27.5. The number of benzene rings is 16. The minimum absolute atomic E-state index is 0.142. The molecule has 16 aromatic carbocycles. The summed E-state index contributed by atoms with van der Waals surface area (Å²) < 4.78 is 0. The maximum absolute atomic E-state index is 2.49. The highest BCUT2D eigenvalue weighted by atomic mass is 15.1. The molecule has 486 valence electrons. The van der Waals surface area contributed by atoms with Crippen molar-refractivity contribution in [1.29, 1.82) is 0 Å². The Morgan fingerprint density at radius 2 is 0.422 bits per heavy atom. The molecule has 0 aromatic heterocycles. The van der Waals surface area contributed by atoms with E-state index < -0.39 is 0 Å². The van der Waals surface area contributed by atoms with Gasteiger partial charge in [0.25, 0.3) is 0 Å². The quantitative estimate of drug-likeness (QED) is 0.133. The summed E-state index contributed by atoms with van der Waals surface area (Å²) in [5, 5.41) is 9.99. The molecule has 0 N–H and O–H groups in total. The fourth-order valence-electron chi connectivity index (χ4n) is 18.7. The molecule has 0 unspecified atom stereocenters. The SMILES string of the molecule is CC1(C)c2cc(-c3cccc(N(c4ccc5c(c4)C(C)(C)c4ccccc4-5)c4ccc5ccc6ccccc6c5c4)c3)ccc2-c2ccc(-c3ccc4c(c3)C(C)(C)c3cc(-c5cccc(N(c6ccc7c(c6)C(C)(C)c6ccccc6-7)c6ccc7ccc8ccccc8c7c6)c5)ccc3-4)cc21. The van der Waals surface area contributed by atoms with Gasteiger partial charge in [0.1, 0.15) is 0 Å². The van der Waals surface area contributed by atoms with Gasteiger partial charge in [0, 0.05) is 55.8 Å². The van der Waals surface area contributed by atoms with E-state index in [0.29, 0.717) is 0 Å². The highest BCUT2D eigenvalue weighted by molar-refractivity contribution is 6.11. The summed E-state index contributed by atoms with van der Waals surface area (Å²) in [6.07, 6.45) is 0. The van der Waals surface area contributed by atoms with Crippen molar-refractivity contribution in [2.75, 3.05) is 9.80 Å². The van der Waals surface area contributed by atoms with Crippen LogP contribution in [-0.4, -0.2) is 0 Å². The molecule has 20 rings (SSSR count). The van der Waals surface area contributed by atoms with Gasteiger partial charge in [-0.25, -0.2) is 0 Å². The molecule has 4 aliphatic rings. The Labute approximate surface area is 598 Å². The third-order valence-electron chi connectivity index (χ3n) is 24.2. The van der Waals surface area contributed by atoms with Gasteiger partial charge in [-0.05, 0) is 263 Å². The molecule has 0 fully saturated rings. The zero-order valence-corrected chi connectivity index (χ0v) is 58.9. The average molecular weight is 1310 g/mol. The van der Waals surface area contributed by atoms with Crippen LogP contribution in [-0.2, 0) is 21.7 Å². The van der Waals surface area contributed by atoms with Crippen LogP contribution in [0.25, 0.3) is 121 Å². The van der Waals surface area contributed by atoms with Crippen molar-refractivity contribution in [3.63, 3.8) is 0 Å². The number of rotatable bonds is 9. The van der Waals surface area contributed by atoms with E-state index in [2.05, 4.69) is 381 Å². The molecule has 0 spiro atoms. The minimum atomic E-state index is -0.241. The summed E-state index contributed by atoms with van der Waals surface area (Å²) >= 11 is 0. The first-order valence-electron chi connectivity index (χ1n) is 36.3. The van der Waals surface area contributed by atoms with E-state index in [9.17, 15) is 0 Å². The minimum Gasteiger partial charge on any atom is -0.310 e. The molecule has 0 bridgehead atoms. The van der Waals surface area contributed by atoms with E-state index in [1.165, 1.54) is 165 Å². The van der Waals surface area contributed by atoms with Gasteiger partial charge < -0.3 is 9.80 Å². The molecule has 0 saturated heterocycles. The lowest BCUT2D eigenvalue weighted by atomic mass is 9.79. The number of hydrogen-bond donors (Lipinski definition) is 0. The second-order valence-electron chi connectivity index (χ2n) is 31.2. The van der Waals surface area contributed by atoms with E-state index in [1.807, 2.05) is 0 Å². The van der Waals surface area contributed by atoms with Crippen molar-refractivity contribution in [3.05, 3.63) is 360 Å². The molecular weight excluding hydrogens is 1230 g/mol. The second kappa shape index (κ2) is 21.8. The molecule has 2 nitrogen and oxygen atoms in total. The molecule has 0 radical (unpaired) electrons. The summed E-state index contributed by atoms with van der Waals surface area (Å²) in [5.41, 5.74) is 34.8. The number of fused-ring (bicyclic) bond motifs is 18. The van der Waals surface area contributed by atoms with E-state index in [-0.39, 0.29) is 21.7 Å². The first-order valence-corrected chi connectivity index (χ1v) is 36.3. The third kappa shape index (κ3) is 8.91. The lowest BCUT2D eigenvalue weighted by Gasteiger charge is -2.29. The van der Waals surface area contributed by atoms with Gasteiger partial charge in [-0.15, -0.1) is 0 Å². The first-order chi connectivity index (χ1) is 49.5. The van der Waals surface area contributed by atoms with Crippen LogP contribution in [0.2, 0.25) is 0 Å². The zero-order chi connectivity index (χ0) is 68.7. The van der Waals surface area contributed by atoms with E-state index in [1.54, 1.807) is 0 Å². The summed E-state index contributed by atoms with van der Waals surface area (Å²) in [6.45, 7) is 19.2. The van der Waals surface area contributed by atoms with Crippen molar-refractivity contribution in [2.45, 2.75) is 77.0 Å². The zero-order valence-electron chi connectivity index (χ0n) is 58.9. The molecule has 0 heterocycles. The molecule has 16 aromatic rings. The molecule has 0 atom stereocenters. The smallest absolute Gasteiger partial charge is 0.0468 e. The average Bonchev–Trinajstić information content (AvgIpc) is 1.57. The second-order valence-corrected chi connectivity index (χ2v) is 31.2. The lowest BCUT2D eigenvalue weighted by molar-refractivity contribution is 0.660. The van der Waals surface area contributed by atoms with Crippen molar-refractivity contribution >= 4 is 77.2 Å². The Bertz CT molecular complexity index is 5900. The predicted molar refractivity (Wildman–Crippen MR) is 432 cm³/mol. The van der Waals surface area contributed by atoms with Gasteiger partial charge in [-0.3, -0.25) is 0 Å². The van der Waals surface area contributed by atoms with E-state index >= 15 is 0 Å². The molecule has 2 heteroatoms. The largest absolute Gasteiger partial charge is 0.310 e. The Morgan fingerprint density at radius 3 is 0.804 bits per heavy atom. The number of anilines is 6. The van der Waals surface area contributed by atoms with Crippen LogP contribution < -0.4 is 9.80 Å². The highest BCUT2D eigenvalue weighted by Gasteiger charge is 2.41. The Morgan fingerprint density at radius 1 is 0.167 bits per heavy atom. The van der Waals surface area contributed by atoms with Crippen molar-refractivity contribution < 1.29 is 0 Å². The lowest BCUT2D eigenvalue weighted by Crippen LogP contribution is -2.16. The Hall–Kier alpha value is -11.8.